The Hall–Kier alpha value is -0.850. The van der Waals surface area contributed by atoms with Crippen LogP contribution in [0.5, 0.6) is 5.88 Å². The minimum absolute atomic E-state index is 0.707. The number of methoxy groups -OCH3 is 1. The van der Waals surface area contributed by atoms with Crippen molar-refractivity contribution in [2.24, 2.45) is 0 Å². The van der Waals surface area contributed by atoms with Crippen molar-refractivity contribution >= 4 is 16.5 Å². The number of nitrogens with zero attached hydrogens (tertiary/aromatic N) is 3. The standard InChI is InChI=1S/C9H18N4OS/c1-12(2)9-11-8(14-5)7(15-9)6-10-13(3)4/h10H,6H2,1-5H3. The molecule has 0 spiro atoms. The third-order valence-corrected chi connectivity index (χ3v) is 2.99. The van der Waals surface area contributed by atoms with Crippen molar-refractivity contribution in [2.75, 3.05) is 40.2 Å². The molecule has 0 fully saturated rings. The fourth-order valence-corrected chi connectivity index (χ4v) is 1.90. The van der Waals surface area contributed by atoms with E-state index in [9.17, 15) is 0 Å². The predicted molar refractivity (Wildman–Crippen MR) is 63.5 cm³/mol. The third kappa shape index (κ3) is 3.33. The summed E-state index contributed by atoms with van der Waals surface area (Å²) in [6, 6.07) is 0. The molecule has 1 aromatic heterocycles. The summed E-state index contributed by atoms with van der Waals surface area (Å²) in [7, 11) is 9.51. The zero-order valence-corrected chi connectivity index (χ0v) is 10.7. The summed E-state index contributed by atoms with van der Waals surface area (Å²) in [6.07, 6.45) is 0. The number of thiazole rings is 1. The van der Waals surface area contributed by atoms with E-state index in [1.54, 1.807) is 18.4 Å². The highest BCUT2D eigenvalue weighted by Crippen LogP contribution is 2.29. The van der Waals surface area contributed by atoms with E-state index in [1.165, 1.54) is 0 Å². The van der Waals surface area contributed by atoms with Crippen molar-refractivity contribution in [2.45, 2.75) is 6.54 Å². The van der Waals surface area contributed by atoms with Gasteiger partial charge in [0.2, 0.25) is 5.88 Å². The molecule has 0 aliphatic rings. The molecule has 5 nitrogen and oxygen atoms in total. The lowest BCUT2D eigenvalue weighted by molar-refractivity contribution is 0.284. The minimum Gasteiger partial charge on any atom is -0.480 e. The fraction of sp³-hybridized carbons (Fsp3) is 0.667. The van der Waals surface area contributed by atoms with Crippen molar-refractivity contribution < 1.29 is 4.74 Å². The number of nitrogens with one attached hydrogen (secondary N) is 1. The van der Waals surface area contributed by atoms with Crippen LogP contribution < -0.4 is 15.1 Å². The number of aromatic nitrogens is 1. The average molecular weight is 230 g/mol. The highest BCUT2D eigenvalue weighted by molar-refractivity contribution is 7.15. The molecule has 1 rings (SSSR count). The Morgan fingerprint density at radius 2 is 2.00 bits per heavy atom. The van der Waals surface area contributed by atoms with Gasteiger partial charge in [-0.3, -0.25) is 10.4 Å². The van der Waals surface area contributed by atoms with Gasteiger partial charge in [0.1, 0.15) is 0 Å². The van der Waals surface area contributed by atoms with E-state index in [0.717, 1.165) is 16.6 Å². The molecular weight excluding hydrogens is 212 g/mol. The molecule has 1 aromatic rings. The minimum atomic E-state index is 0.707. The summed E-state index contributed by atoms with van der Waals surface area (Å²) in [5.74, 6) is 0.707. The van der Waals surface area contributed by atoms with E-state index in [0.29, 0.717) is 5.88 Å². The Labute approximate surface area is 94.6 Å². The van der Waals surface area contributed by atoms with Crippen LogP contribution >= 0.6 is 11.3 Å². The number of rotatable bonds is 5. The average Bonchev–Trinajstić information content (AvgIpc) is 2.57. The van der Waals surface area contributed by atoms with Crippen molar-refractivity contribution in [1.29, 1.82) is 0 Å². The van der Waals surface area contributed by atoms with Crippen LogP contribution in [0.3, 0.4) is 0 Å². The first kappa shape index (κ1) is 12.2. The second kappa shape index (κ2) is 5.29. The van der Waals surface area contributed by atoms with Gasteiger partial charge in [-0.1, -0.05) is 11.3 Å². The molecular formula is C9H18N4OS. The highest BCUT2D eigenvalue weighted by atomic mass is 32.1. The molecule has 0 aliphatic heterocycles. The first-order chi connectivity index (χ1) is 7.04. The molecule has 6 heteroatoms. The summed E-state index contributed by atoms with van der Waals surface area (Å²) >= 11 is 1.63. The molecule has 0 amide bonds. The largest absolute Gasteiger partial charge is 0.480 e. The van der Waals surface area contributed by atoms with Gasteiger partial charge in [0.25, 0.3) is 0 Å². The van der Waals surface area contributed by atoms with Gasteiger partial charge in [-0.15, -0.1) is 0 Å². The summed E-state index contributed by atoms with van der Waals surface area (Å²) in [5, 5.41) is 2.87. The van der Waals surface area contributed by atoms with Gasteiger partial charge >= 0.3 is 0 Å². The number of ether oxygens (including phenoxy) is 1. The summed E-state index contributed by atoms with van der Waals surface area (Å²) in [6.45, 7) is 0.738. The lowest BCUT2D eigenvalue weighted by Gasteiger charge is -2.10. The zero-order valence-electron chi connectivity index (χ0n) is 9.87. The lowest BCUT2D eigenvalue weighted by Crippen LogP contribution is -2.29. The topological polar surface area (TPSA) is 40.6 Å². The van der Waals surface area contributed by atoms with E-state index in [2.05, 4.69) is 10.4 Å². The van der Waals surface area contributed by atoms with Crippen molar-refractivity contribution in [3.05, 3.63) is 4.88 Å². The highest BCUT2D eigenvalue weighted by Gasteiger charge is 2.12. The molecule has 0 saturated carbocycles. The predicted octanol–water partition coefficient (Wildman–Crippen LogP) is 0.784. The van der Waals surface area contributed by atoms with Crippen molar-refractivity contribution in [3.8, 4) is 5.88 Å². The third-order valence-electron chi connectivity index (χ3n) is 1.78. The molecule has 0 aliphatic carbocycles. The van der Waals surface area contributed by atoms with Crippen molar-refractivity contribution in [3.63, 3.8) is 0 Å². The quantitative estimate of drug-likeness (QED) is 0.757. The van der Waals surface area contributed by atoms with E-state index in [1.807, 2.05) is 38.1 Å². The summed E-state index contributed by atoms with van der Waals surface area (Å²) in [5.41, 5.74) is 3.19. The second-order valence-electron chi connectivity index (χ2n) is 3.55. The molecule has 15 heavy (non-hydrogen) atoms. The molecule has 0 bridgehead atoms. The Bertz CT molecular complexity index is 311. The molecule has 0 aromatic carbocycles. The van der Waals surface area contributed by atoms with Crippen LogP contribution in [-0.4, -0.2) is 45.3 Å². The monoisotopic (exact) mass is 230 g/mol. The lowest BCUT2D eigenvalue weighted by atomic mass is 10.5. The normalized spacial score (nSPS) is 10.8. The molecule has 0 unspecified atom stereocenters. The summed E-state index contributed by atoms with van der Waals surface area (Å²) in [4.78, 5) is 7.45. The maximum absolute atomic E-state index is 5.22. The van der Waals surface area contributed by atoms with Gasteiger partial charge in [-0.2, -0.15) is 4.98 Å². The Balaban J connectivity index is 2.76. The fourth-order valence-electron chi connectivity index (χ4n) is 1.02. The van der Waals surface area contributed by atoms with E-state index in [4.69, 9.17) is 4.74 Å². The molecule has 0 saturated heterocycles. The van der Waals surface area contributed by atoms with Crippen LogP contribution in [0.15, 0.2) is 0 Å². The maximum atomic E-state index is 5.22. The van der Waals surface area contributed by atoms with Crippen LogP contribution in [0.4, 0.5) is 5.13 Å². The second-order valence-corrected chi connectivity index (χ2v) is 4.61. The number of anilines is 1. The molecule has 86 valence electrons. The molecule has 0 atom stereocenters. The van der Waals surface area contributed by atoms with Gasteiger partial charge < -0.3 is 9.64 Å². The van der Waals surface area contributed by atoms with Crippen LogP contribution in [0.1, 0.15) is 4.88 Å². The van der Waals surface area contributed by atoms with E-state index in [-0.39, 0.29) is 0 Å². The number of hydrogen-bond acceptors (Lipinski definition) is 6. The molecule has 1 heterocycles. The molecule has 1 N–H and O–H groups in total. The number of hydrogen-bond donors (Lipinski definition) is 1. The van der Waals surface area contributed by atoms with E-state index < -0.39 is 0 Å². The van der Waals surface area contributed by atoms with Crippen LogP contribution in [-0.2, 0) is 6.54 Å². The van der Waals surface area contributed by atoms with E-state index >= 15 is 0 Å². The Morgan fingerprint density at radius 1 is 1.33 bits per heavy atom. The molecule has 0 radical (unpaired) electrons. The van der Waals surface area contributed by atoms with Gasteiger partial charge in [-0.25, -0.2) is 0 Å². The van der Waals surface area contributed by atoms with Crippen molar-refractivity contribution in [1.82, 2.24) is 15.4 Å². The van der Waals surface area contributed by atoms with Crippen LogP contribution in [0.2, 0.25) is 0 Å². The Morgan fingerprint density at radius 3 is 2.47 bits per heavy atom. The zero-order chi connectivity index (χ0) is 11.4. The SMILES string of the molecule is COc1nc(N(C)C)sc1CNN(C)C. The Kier molecular flexibility index (Phi) is 4.31. The summed E-state index contributed by atoms with van der Waals surface area (Å²) < 4.78 is 5.22. The van der Waals surface area contributed by atoms with Gasteiger partial charge in [0, 0.05) is 28.2 Å². The van der Waals surface area contributed by atoms with Gasteiger partial charge in [-0.05, 0) is 0 Å². The van der Waals surface area contributed by atoms with Gasteiger partial charge in [0.05, 0.1) is 18.5 Å². The maximum Gasteiger partial charge on any atom is 0.230 e. The smallest absolute Gasteiger partial charge is 0.230 e. The van der Waals surface area contributed by atoms with Crippen LogP contribution in [0, 0.1) is 0 Å². The van der Waals surface area contributed by atoms with Gasteiger partial charge in [0.15, 0.2) is 5.13 Å². The first-order valence-corrected chi connectivity index (χ1v) is 5.48. The van der Waals surface area contributed by atoms with Crippen LogP contribution in [0.25, 0.3) is 0 Å². The first-order valence-electron chi connectivity index (χ1n) is 4.66. The number of hydrazine groups is 1.